The molecule has 0 saturated carbocycles. The van der Waals surface area contributed by atoms with Crippen LogP contribution in [0.4, 0.5) is 0 Å². The summed E-state index contributed by atoms with van der Waals surface area (Å²) in [4.78, 5) is 0.138. The van der Waals surface area contributed by atoms with Gasteiger partial charge in [-0.25, -0.2) is 13.1 Å². The van der Waals surface area contributed by atoms with Crippen molar-refractivity contribution in [3.8, 4) is 11.5 Å². The smallest absolute Gasteiger partial charge is 0.240 e. The van der Waals surface area contributed by atoms with E-state index in [1.807, 2.05) is 0 Å². The summed E-state index contributed by atoms with van der Waals surface area (Å²) in [5.41, 5.74) is 7.21. The number of ether oxygens (including phenoxy) is 1. The molecular weight excluding hydrogens is 419 g/mol. The molecule has 0 unspecified atom stereocenters. The van der Waals surface area contributed by atoms with Crippen molar-refractivity contribution in [1.29, 1.82) is 0 Å². The Morgan fingerprint density at radius 3 is 2.25 bits per heavy atom. The number of hydrogen-bond acceptors (Lipinski definition) is 4. The molecule has 3 rings (SSSR count). The van der Waals surface area contributed by atoms with Gasteiger partial charge >= 0.3 is 0 Å². The number of benzene rings is 3. The molecule has 3 N–H and O–H groups in total. The average molecular weight is 437 g/mol. The molecule has 0 aliphatic heterocycles. The molecule has 5 nitrogen and oxygen atoms in total. The highest BCUT2D eigenvalue weighted by atomic mass is 35.5. The van der Waals surface area contributed by atoms with E-state index in [-0.39, 0.29) is 18.0 Å². The Kier molecular flexibility index (Phi) is 6.59. The summed E-state index contributed by atoms with van der Waals surface area (Å²) in [6.07, 6.45) is 0. The van der Waals surface area contributed by atoms with Crippen molar-refractivity contribution in [3.63, 3.8) is 0 Å². The van der Waals surface area contributed by atoms with E-state index in [9.17, 15) is 8.42 Å². The van der Waals surface area contributed by atoms with Crippen molar-refractivity contribution in [2.24, 2.45) is 5.73 Å². The van der Waals surface area contributed by atoms with E-state index in [0.717, 1.165) is 5.56 Å². The van der Waals surface area contributed by atoms with Crippen LogP contribution in [0.5, 0.6) is 11.5 Å². The van der Waals surface area contributed by atoms with Crippen molar-refractivity contribution in [3.05, 3.63) is 87.9 Å². The summed E-state index contributed by atoms with van der Waals surface area (Å²) in [7, 11) is -3.66. The van der Waals surface area contributed by atoms with Crippen LogP contribution in [-0.2, 0) is 23.1 Å². The number of hydrogen-bond donors (Lipinski definition) is 2. The maximum Gasteiger partial charge on any atom is 0.240 e. The molecule has 0 atom stereocenters. The summed E-state index contributed by atoms with van der Waals surface area (Å²) in [6.45, 7) is 0.399. The SMILES string of the molecule is NCc1c(Cl)cccc1Oc1ccc(S(=O)(=O)NCc2ccc(Cl)cc2)cc1. The Hall–Kier alpha value is -2.09. The lowest BCUT2D eigenvalue weighted by atomic mass is 10.2. The van der Waals surface area contributed by atoms with Gasteiger partial charge in [0.25, 0.3) is 0 Å². The van der Waals surface area contributed by atoms with Gasteiger partial charge in [-0.15, -0.1) is 0 Å². The molecule has 28 heavy (non-hydrogen) atoms. The Morgan fingerprint density at radius 2 is 1.61 bits per heavy atom. The van der Waals surface area contributed by atoms with Crippen LogP contribution in [0.1, 0.15) is 11.1 Å². The van der Waals surface area contributed by atoms with E-state index in [1.54, 1.807) is 54.6 Å². The molecule has 0 heterocycles. The molecule has 0 amide bonds. The largest absolute Gasteiger partial charge is 0.457 e. The van der Waals surface area contributed by atoms with Crippen LogP contribution in [0.3, 0.4) is 0 Å². The van der Waals surface area contributed by atoms with Crippen molar-refractivity contribution in [2.45, 2.75) is 18.0 Å². The van der Waals surface area contributed by atoms with Gasteiger partial charge in [0.15, 0.2) is 0 Å². The first-order valence-electron chi connectivity index (χ1n) is 8.38. The molecule has 3 aromatic rings. The van der Waals surface area contributed by atoms with Crippen LogP contribution in [0.25, 0.3) is 0 Å². The fraction of sp³-hybridized carbons (Fsp3) is 0.100. The van der Waals surface area contributed by atoms with Crippen LogP contribution in [0.2, 0.25) is 10.0 Å². The second-order valence-electron chi connectivity index (χ2n) is 5.95. The monoisotopic (exact) mass is 436 g/mol. The van der Waals surface area contributed by atoms with E-state index in [2.05, 4.69) is 4.72 Å². The molecule has 0 aliphatic rings. The maximum atomic E-state index is 12.5. The molecule has 0 bridgehead atoms. The van der Waals surface area contributed by atoms with Gasteiger partial charge in [0.05, 0.1) is 4.90 Å². The lowest BCUT2D eigenvalue weighted by Gasteiger charge is -2.12. The molecule has 0 saturated heterocycles. The quantitative estimate of drug-likeness (QED) is 0.560. The van der Waals surface area contributed by atoms with E-state index in [0.29, 0.717) is 27.1 Å². The van der Waals surface area contributed by atoms with E-state index in [1.165, 1.54) is 12.1 Å². The van der Waals surface area contributed by atoms with E-state index >= 15 is 0 Å². The van der Waals surface area contributed by atoms with Crippen LogP contribution in [0.15, 0.2) is 71.6 Å². The maximum absolute atomic E-state index is 12.5. The molecule has 146 valence electrons. The first kappa shape index (κ1) is 20.6. The highest BCUT2D eigenvalue weighted by Gasteiger charge is 2.14. The van der Waals surface area contributed by atoms with Crippen molar-refractivity contribution in [2.75, 3.05) is 0 Å². The van der Waals surface area contributed by atoms with Gasteiger partial charge in [-0.2, -0.15) is 0 Å². The summed E-state index contributed by atoms with van der Waals surface area (Å²) in [5.74, 6) is 1.01. The molecule has 0 fully saturated rings. The highest BCUT2D eigenvalue weighted by Crippen LogP contribution is 2.30. The number of nitrogens with two attached hydrogens (primary N) is 1. The lowest BCUT2D eigenvalue weighted by Crippen LogP contribution is -2.23. The van der Waals surface area contributed by atoms with Gasteiger partial charge in [-0.1, -0.05) is 41.4 Å². The molecule has 0 aliphatic carbocycles. The fourth-order valence-corrected chi connectivity index (χ4v) is 3.90. The van der Waals surface area contributed by atoms with Crippen molar-refractivity contribution >= 4 is 33.2 Å². The first-order valence-corrected chi connectivity index (χ1v) is 10.6. The van der Waals surface area contributed by atoms with E-state index in [4.69, 9.17) is 33.7 Å². The van der Waals surface area contributed by atoms with Crippen LogP contribution < -0.4 is 15.2 Å². The Labute approximate surface area is 174 Å². The topological polar surface area (TPSA) is 81.4 Å². The minimum Gasteiger partial charge on any atom is -0.457 e. The Balaban J connectivity index is 1.71. The van der Waals surface area contributed by atoms with Crippen LogP contribution in [-0.4, -0.2) is 8.42 Å². The highest BCUT2D eigenvalue weighted by molar-refractivity contribution is 7.89. The van der Waals surface area contributed by atoms with Crippen LogP contribution in [0, 0.1) is 0 Å². The van der Waals surface area contributed by atoms with Crippen molar-refractivity contribution in [1.82, 2.24) is 4.72 Å². The third-order valence-corrected chi connectivity index (χ3v) is 6.04. The minimum atomic E-state index is -3.66. The number of halogens is 2. The summed E-state index contributed by atoms with van der Waals surface area (Å²) in [5, 5.41) is 1.12. The second-order valence-corrected chi connectivity index (χ2v) is 8.56. The van der Waals surface area contributed by atoms with Gasteiger partial charge in [-0.05, 0) is 54.1 Å². The Bertz CT molecular complexity index is 1050. The third-order valence-electron chi connectivity index (χ3n) is 4.02. The second kappa shape index (κ2) is 8.94. The van der Waals surface area contributed by atoms with Gasteiger partial charge in [0.2, 0.25) is 10.0 Å². The molecule has 0 aromatic heterocycles. The molecule has 0 radical (unpaired) electrons. The standard InChI is InChI=1S/C20H18Cl2N2O3S/c21-15-6-4-14(5-7-15)13-24-28(25,26)17-10-8-16(9-11-17)27-20-3-1-2-19(22)18(20)12-23/h1-11,24H,12-13,23H2. The zero-order valence-electron chi connectivity index (χ0n) is 14.7. The number of rotatable bonds is 7. The fourth-order valence-electron chi connectivity index (χ4n) is 2.51. The van der Waals surface area contributed by atoms with E-state index < -0.39 is 10.0 Å². The van der Waals surface area contributed by atoms with Gasteiger partial charge in [-0.3, -0.25) is 0 Å². The minimum absolute atomic E-state index is 0.138. The predicted octanol–water partition coefficient (Wildman–Crippen LogP) is 4.72. The first-order chi connectivity index (χ1) is 13.4. The average Bonchev–Trinajstić information content (AvgIpc) is 2.68. The number of sulfonamides is 1. The zero-order chi connectivity index (χ0) is 20.1. The molecular formula is C20H18Cl2N2O3S. The number of nitrogens with one attached hydrogen (secondary N) is 1. The van der Waals surface area contributed by atoms with Gasteiger partial charge in [0, 0.05) is 28.7 Å². The summed E-state index contributed by atoms with van der Waals surface area (Å²) in [6, 6.07) is 18.3. The molecule has 0 spiro atoms. The molecule has 3 aromatic carbocycles. The Morgan fingerprint density at radius 1 is 0.929 bits per heavy atom. The summed E-state index contributed by atoms with van der Waals surface area (Å²) < 4.78 is 33.3. The van der Waals surface area contributed by atoms with Crippen molar-refractivity contribution < 1.29 is 13.2 Å². The zero-order valence-corrected chi connectivity index (χ0v) is 17.1. The van der Waals surface area contributed by atoms with Crippen LogP contribution >= 0.6 is 23.2 Å². The van der Waals surface area contributed by atoms with Gasteiger partial charge < -0.3 is 10.5 Å². The molecule has 8 heteroatoms. The van der Waals surface area contributed by atoms with Gasteiger partial charge in [0.1, 0.15) is 11.5 Å². The lowest BCUT2D eigenvalue weighted by molar-refractivity contribution is 0.476. The predicted molar refractivity (Wildman–Crippen MR) is 111 cm³/mol. The third kappa shape index (κ3) is 5.04. The summed E-state index contributed by atoms with van der Waals surface area (Å²) >= 11 is 12.0. The normalized spacial score (nSPS) is 11.4.